The second-order valence-electron chi connectivity index (χ2n) is 7.07. The van der Waals surface area contributed by atoms with E-state index in [0.29, 0.717) is 30.4 Å². The Labute approximate surface area is 156 Å². The number of hydrogen-bond donors (Lipinski definition) is 0. The molecule has 0 N–H and O–H groups in total. The molecule has 1 saturated heterocycles. The number of nitro benzene ring substituents is 1. The highest BCUT2D eigenvalue weighted by Gasteiger charge is 2.29. The predicted octanol–water partition coefficient (Wildman–Crippen LogP) is 1.88. The van der Waals surface area contributed by atoms with E-state index < -0.39 is 4.92 Å². The van der Waals surface area contributed by atoms with Crippen molar-refractivity contribution in [3.63, 3.8) is 0 Å². The number of piperazine rings is 1. The van der Waals surface area contributed by atoms with Crippen LogP contribution in [0, 0.1) is 10.1 Å². The van der Waals surface area contributed by atoms with Crippen molar-refractivity contribution in [3.05, 3.63) is 46.5 Å². The highest BCUT2D eigenvalue weighted by Crippen LogP contribution is 2.26. The van der Waals surface area contributed by atoms with Gasteiger partial charge in [-0.15, -0.1) is 0 Å². The minimum Gasteiger partial charge on any atom is -0.336 e. The summed E-state index contributed by atoms with van der Waals surface area (Å²) in [7, 11) is 0. The third kappa shape index (κ3) is 3.55. The maximum atomic E-state index is 12.9. The van der Waals surface area contributed by atoms with E-state index in [-0.39, 0.29) is 11.6 Å². The van der Waals surface area contributed by atoms with Gasteiger partial charge in [-0.3, -0.25) is 19.8 Å². The van der Waals surface area contributed by atoms with E-state index in [2.05, 4.69) is 15.0 Å². The van der Waals surface area contributed by atoms with Gasteiger partial charge in [0.25, 0.3) is 11.6 Å². The van der Waals surface area contributed by atoms with Gasteiger partial charge in [0.05, 0.1) is 4.92 Å². The van der Waals surface area contributed by atoms with Gasteiger partial charge >= 0.3 is 0 Å². The number of amides is 1. The molecule has 1 amide bonds. The third-order valence-corrected chi connectivity index (χ3v) is 5.53. The lowest BCUT2D eigenvalue weighted by Crippen LogP contribution is -2.51. The lowest BCUT2D eigenvalue weighted by molar-refractivity contribution is -0.384. The smallest absolute Gasteiger partial charge is 0.295 e. The third-order valence-electron chi connectivity index (χ3n) is 5.53. The van der Waals surface area contributed by atoms with Crippen LogP contribution in [0.2, 0.25) is 0 Å². The van der Waals surface area contributed by atoms with Crippen LogP contribution in [0.1, 0.15) is 36.0 Å². The summed E-state index contributed by atoms with van der Waals surface area (Å²) in [5.41, 5.74) is 0.468. The van der Waals surface area contributed by atoms with Crippen LogP contribution in [0.25, 0.3) is 5.69 Å². The average Bonchev–Trinajstić information content (AvgIpc) is 3.41. The summed E-state index contributed by atoms with van der Waals surface area (Å²) in [5.74, 6) is -0.158. The molecule has 2 fully saturated rings. The fourth-order valence-electron chi connectivity index (χ4n) is 4.07. The number of aromatic nitrogens is 3. The van der Waals surface area contributed by atoms with E-state index in [1.54, 1.807) is 17.0 Å². The van der Waals surface area contributed by atoms with Crippen molar-refractivity contribution < 1.29 is 9.72 Å². The minimum absolute atomic E-state index is 0.157. The number of nitro groups is 1. The standard InChI is InChI=1S/C18H22N6O3/c25-18(22-9-7-21(8-10-22)15-3-1-2-4-15)14-5-6-16(17(11-14)24(26)27)23-13-19-12-20-23/h5-6,11-13,15H,1-4,7-10H2. The topological polar surface area (TPSA) is 97.4 Å². The molecular formula is C18H22N6O3. The Hall–Kier alpha value is -2.81. The van der Waals surface area contributed by atoms with E-state index in [1.807, 2.05) is 0 Å². The number of nitrogens with zero attached hydrogens (tertiary/aromatic N) is 6. The zero-order valence-corrected chi connectivity index (χ0v) is 15.0. The summed E-state index contributed by atoms with van der Waals surface area (Å²) < 4.78 is 1.33. The van der Waals surface area contributed by atoms with Gasteiger partial charge in [-0.05, 0) is 25.0 Å². The molecule has 2 aliphatic rings. The summed E-state index contributed by atoms with van der Waals surface area (Å²) in [4.78, 5) is 31.9. The monoisotopic (exact) mass is 370 g/mol. The normalized spacial score (nSPS) is 18.7. The van der Waals surface area contributed by atoms with Crippen molar-refractivity contribution in [3.8, 4) is 5.69 Å². The Morgan fingerprint density at radius 3 is 2.52 bits per heavy atom. The number of hydrogen-bond acceptors (Lipinski definition) is 6. The van der Waals surface area contributed by atoms with Crippen LogP contribution in [0.4, 0.5) is 5.69 Å². The van der Waals surface area contributed by atoms with Crippen molar-refractivity contribution in [2.45, 2.75) is 31.7 Å². The maximum absolute atomic E-state index is 12.9. The van der Waals surface area contributed by atoms with Crippen molar-refractivity contribution in [2.24, 2.45) is 0 Å². The summed E-state index contributed by atoms with van der Waals surface area (Å²) >= 11 is 0. The van der Waals surface area contributed by atoms with Crippen molar-refractivity contribution >= 4 is 11.6 Å². The molecule has 4 rings (SSSR count). The molecule has 1 aromatic carbocycles. The molecule has 0 radical (unpaired) electrons. The van der Waals surface area contributed by atoms with Crippen LogP contribution in [0.5, 0.6) is 0 Å². The average molecular weight is 370 g/mol. The van der Waals surface area contributed by atoms with Gasteiger partial charge in [0.2, 0.25) is 0 Å². The Morgan fingerprint density at radius 1 is 1.15 bits per heavy atom. The molecule has 1 saturated carbocycles. The summed E-state index contributed by atoms with van der Waals surface area (Å²) in [6.07, 6.45) is 7.81. The van der Waals surface area contributed by atoms with Crippen molar-refractivity contribution in [1.29, 1.82) is 0 Å². The maximum Gasteiger partial charge on any atom is 0.295 e. The summed E-state index contributed by atoms with van der Waals surface area (Å²) in [5, 5.41) is 15.4. The molecule has 0 spiro atoms. The highest BCUT2D eigenvalue weighted by atomic mass is 16.6. The molecular weight excluding hydrogens is 348 g/mol. The molecule has 9 nitrogen and oxygen atoms in total. The molecule has 1 aliphatic carbocycles. The van der Waals surface area contributed by atoms with Crippen LogP contribution in [0.15, 0.2) is 30.9 Å². The Balaban J connectivity index is 1.49. The van der Waals surface area contributed by atoms with E-state index in [4.69, 9.17) is 0 Å². The van der Waals surface area contributed by atoms with Gasteiger partial charge in [-0.1, -0.05) is 12.8 Å². The van der Waals surface area contributed by atoms with Gasteiger partial charge < -0.3 is 4.90 Å². The molecule has 1 aliphatic heterocycles. The summed E-state index contributed by atoms with van der Waals surface area (Å²) in [6.45, 7) is 3.06. The van der Waals surface area contributed by atoms with E-state index in [0.717, 1.165) is 13.1 Å². The van der Waals surface area contributed by atoms with E-state index in [1.165, 1.54) is 49.1 Å². The lowest BCUT2D eigenvalue weighted by atomic mass is 10.1. The molecule has 1 aromatic heterocycles. The number of carbonyl (C=O) groups is 1. The largest absolute Gasteiger partial charge is 0.336 e. The van der Waals surface area contributed by atoms with Gasteiger partial charge in [0.1, 0.15) is 18.3 Å². The van der Waals surface area contributed by atoms with Crippen LogP contribution in [-0.4, -0.2) is 67.6 Å². The van der Waals surface area contributed by atoms with E-state index in [9.17, 15) is 14.9 Å². The van der Waals surface area contributed by atoms with Gasteiger partial charge in [0, 0.05) is 43.9 Å². The first-order valence-electron chi connectivity index (χ1n) is 9.30. The number of carbonyl (C=O) groups excluding carboxylic acids is 1. The quantitative estimate of drug-likeness (QED) is 0.602. The van der Waals surface area contributed by atoms with Crippen molar-refractivity contribution in [1.82, 2.24) is 24.6 Å². The molecule has 0 unspecified atom stereocenters. The fourth-order valence-corrected chi connectivity index (χ4v) is 4.07. The number of benzene rings is 1. The van der Waals surface area contributed by atoms with Crippen molar-refractivity contribution in [2.75, 3.05) is 26.2 Å². The molecule has 142 valence electrons. The van der Waals surface area contributed by atoms with Gasteiger partial charge in [-0.2, -0.15) is 5.10 Å². The zero-order chi connectivity index (χ0) is 18.8. The Kier molecular flexibility index (Phi) is 4.85. The molecule has 9 heteroatoms. The van der Waals surface area contributed by atoms with Crippen LogP contribution < -0.4 is 0 Å². The summed E-state index contributed by atoms with van der Waals surface area (Å²) in [6, 6.07) is 5.16. The Bertz CT molecular complexity index is 824. The van der Waals surface area contributed by atoms with Crippen LogP contribution in [-0.2, 0) is 0 Å². The molecule has 27 heavy (non-hydrogen) atoms. The first-order valence-corrected chi connectivity index (χ1v) is 9.30. The molecule has 0 bridgehead atoms. The molecule has 0 atom stereocenters. The minimum atomic E-state index is -0.494. The number of rotatable bonds is 4. The van der Waals surface area contributed by atoms with Crippen LogP contribution in [0.3, 0.4) is 0 Å². The predicted molar refractivity (Wildman–Crippen MR) is 97.7 cm³/mol. The van der Waals surface area contributed by atoms with Gasteiger partial charge in [0.15, 0.2) is 0 Å². The second-order valence-corrected chi connectivity index (χ2v) is 7.07. The first-order chi connectivity index (χ1) is 13.1. The first kappa shape index (κ1) is 17.6. The Morgan fingerprint density at radius 2 is 1.89 bits per heavy atom. The lowest BCUT2D eigenvalue weighted by Gasteiger charge is -2.38. The van der Waals surface area contributed by atoms with Gasteiger partial charge in [-0.25, -0.2) is 9.67 Å². The second kappa shape index (κ2) is 7.43. The van der Waals surface area contributed by atoms with E-state index >= 15 is 0 Å². The molecule has 2 heterocycles. The zero-order valence-electron chi connectivity index (χ0n) is 15.0. The SMILES string of the molecule is O=C(c1ccc(-n2cncn2)c([N+](=O)[O-])c1)N1CCN(C2CCCC2)CC1. The highest BCUT2D eigenvalue weighted by molar-refractivity contribution is 5.95. The fraction of sp³-hybridized carbons (Fsp3) is 0.500. The molecule has 2 aromatic rings. The van der Waals surface area contributed by atoms with Crippen LogP contribution >= 0.6 is 0 Å².